The molecule has 0 radical (unpaired) electrons. The molecule has 5 rings (SSSR count). The molecular formula is C37H44N4O6S. The quantitative estimate of drug-likeness (QED) is 0.0466. The number of aliphatic hydroxyl groups is 1. The van der Waals surface area contributed by atoms with Crippen molar-refractivity contribution in [2.24, 2.45) is 7.05 Å². The van der Waals surface area contributed by atoms with E-state index < -0.39 is 6.29 Å². The van der Waals surface area contributed by atoms with Gasteiger partial charge in [0.05, 0.1) is 18.8 Å². The molecular weight excluding hydrogens is 628 g/mol. The molecule has 254 valence electrons. The number of aromatic nitrogens is 2. The molecule has 1 aromatic heterocycles. The first kappa shape index (κ1) is 35.3. The first-order valence-electron chi connectivity index (χ1n) is 16.4. The maximum absolute atomic E-state index is 12.4. The van der Waals surface area contributed by atoms with Crippen LogP contribution in [-0.4, -0.2) is 43.5 Å². The molecule has 48 heavy (non-hydrogen) atoms. The fourth-order valence-electron chi connectivity index (χ4n) is 5.68. The highest BCUT2D eigenvalue weighted by molar-refractivity contribution is 7.99. The Kier molecular flexibility index (Phi) is 13.2. The topological polar surface area (TPSA) is 135 Å². The molecule has 2 heterocycles. The lowest BCUT2D eigenvalue weighted by molar-refractivity contribution is -0.245. The van der Waals surface area contributed by atoms with Crippen molar-refractivity contribution in [2.45, 2.75) is 81.8 Å². The zero-order valence-corrected chi connectivity index (χ0v) is 28.0. The fourth-order valence-corrected chi connectivity index (χ4v) is 6.63. The number of thioether (sulfide) groups is 1. The van der Waals surface area contributed by atoms with Gasteiger partial charge in [0.1, 0.15) is 0 Å². The lowest BCUT2D eigenvalue weighted by Crippen LogP contribution is -2.31. The third kappa shape index (κ3) is 10.2. The number of nitrogens with one attached hydrogen (secondary N) is 2. The normalized spacial score (nSPS) is 17.6. The predicted octanol–water partition coefficient (Wildman–Crippen LogP) is 6.38. The smallest absolute Gasteiger partial charge is 0.243 e. The summed E-state index contributed by atoms with van der Waals surface area (Å²) in [5.41, 5.74) is 7.53. The predicted molar refractivity (Wildman–Crippen MR) is 184 cm³/mol. The molecule has 0 saturated carbocycles. The van der Waals surface area contributed by atoms with Gasteiger partial charge in [0.15, 0.2) is 11.4 Å². The zero-order valence-electron chi connectivity index (χ0n) is 27.2. The molecule has 4 N–H and O–H groups in total. The van der Waals surface area contributed by atoms with Crippen LogP contribution < -0.4 is 10.8 Å². The number of ether oxygens (including phenoxy) is 2. The van der Waals surface area contributed by atoms with Crippen molar-refractivity contribution in [1.82, 2.24) is 20.3 Å². The number of aliphatic hydroxyl groups excluding tert-OH is 1. The third-order valence-corrected chi connectivity index (χ3v) is 9.57. The molecule has 2 amide bonds. The maximum Gasteiger partial charge on any atom is 0.243 e. The van der Waals surface area contributed by atoms with Crippen LogP contribution in [0.4, 0.5) is 0 Å². The van der Waals surface area contributed by atoms with Crippen LogP contribution in [0, 0.1) is 0 Å². The highest BCUT2D eigenvalue weighted by Gasteiger charge is 2.32. The van der Waals surface area contributed by atoms with E-state index in [0.29, 0.717) is 25.8 Å². The fraction of sp³-hybridized carbons (Fsp3) is 0.378. The summed E-state index contributed by atoms with van der Waals surface area (Å²) < 4.78 is 15.1. The molecule has 3 atom stereocenters. The lowest BCUT2D eigenvalue weighted by atomic mass is 9.99. The number of unbranched alkanes of at least 4 members (excludes halogenated alkanes) is 3. The summed E-state index contributed by atoms with van der Waals surface area (Å²) in [6.45, 7) is 0.432. The molecule has 10 nitrogen and oxygen atoms in total. The largest absolute Gasteiger partial charge is 0.392 e. The number of carbonyl (C=O) groups excluding carboxylic acids is 2. The number of hydrogen-bond donors (Lipinski definition) is 4. The summed E-state index contributed by atoms with van der Waals surface area (Å²) in [5.74, 6) is 0.346. The Morgan fingerprint density at radius 3 is 2.33 bits per heavy atom. The van der Waals surface area contributed by atoms with Gasteiger partial charge >= 0.3 is 0 Å². The average Bonchev–Trinajstić information content (AvgIpc) is 3.55. The van der Waals surface area contributed by atoms with E-state index in [4.69, 9.17) is 14.7 Å². The summed E-state index contributed by atoms with van der Waals surface area (Å²) >= 11 is 1.67. The van der Waals surface area contributed by atoms with Crippen molar-refractivity contribution < 1.29 is 29.4 Å². The van der Waals surface area contributed by atoms with E-state index in [0.717, 1.165) is 63.6 Å². The van der Waals surface area contributed by atoms with Crippen LogP contribution >= 0.6 is 11.8 Å². The average molecular weight is 673 g/mol. The van der Waals surface area contributed by atoms with Gasteiger partial charge < -0.3 is 24.5 Å². The number of aryl methyl sites for hydroxylation is 1. The Balaban J connectivity index is 1.22. The standard InChI is InChI=1S/C37H44N4O6S/c1-41-19-18-38-37(41)48-25-32-22-33(28-16-14-26(24-42)15-17-28)47-36(46-32)31-11-7-10-30(21-31)29-9-6-8-27(20-29)23-39-34(43)12-4-2-3-5-13-35(44)40-45/h6-11,14-21,32-33,36,42,45H,2-5,12-13,22-25H2,1H3,(H,39,43)(H,40,44)/t32-,33+,36+/m1/s1. The van der Waals surface area contributed by atoms with Crippen LogP contribution in [0.1, 0.15) is 79.6 Å². The van der Waals surface area contributed by atoms with Crippen LogP contribution in [-0.2, 0) is 39.3 Å². The second kappa shape index (κ2) is 18.0. The van der Waals surface area contributed by atoms with Crippen LogP contribution in [0.5, 0.6) is 0 Å². The van der Waals surface area contributed by atoms with E-state index in [-0.39, 0.29) is 37.0 Å². The van der Waals surface area contributed by atoms with Crippen LogP contribution in [0.3, 0.4) is 0 Å². The van der Waals surface area contributed by atoms with E-state index in [1.54, 1.807) is 23.4 Å². The molecule has 0 aliphatic carbocycles. The zero-order chi connectivity index (χ0) is 33.7. The highest BCUT2D eigenvalue weighted by Crippen LogP contribution is 2.40. The van der Waals surface area contributed by atoms with Gasteiger partial charge in [-0.1, -0.05) is 85.3 Å². The molecule has 1 aliphatic heterocycles. The Morgan fingerprint density at radius 2 is 1.62 bits per heavy atom. The van der Waals surface area contributed by atoms with Gasteiger partial charge in [-0.2, -0.15) is 0 Å². The van der Waals surface area contributed by atoms with Gasteiger partial charge in [0, 0.05) is 56.6 Å². The molecule has 1 saturated heterocycles. The summed E-state index contributed by atoms with van der Waals surface area (Å²) in [6, 6.07) is 24.3. The van der Waals surface area contributed by atoms with Crippen molar-refractivity contribution in [1.29, 1.82) is 0 Å². The number of rotatable bonds is 16. The van der Waals surface area contributed by atoms with Crippen molar-refractivity contribution in [3.05, 3.63) is 107 Å². The minimum absolute atomic E-state index is 0.00159. The lowest BCUT2D eigenvalue weighted by Gasteiger charge is -2.36. The Morgan fingerprint density at radius 1 is 0.896 bits per heavy atom. The molecule has 0 bridgehead atoms. The second-order valence-electron chi connectivity index (χ2n) is 12.0. The minimum atomic E-state index is -0.567. The third-order valence-electron chi connectivity index (χ3n) is 8.38. The summed E-state index contributed by atoms with van der Waals surface area (Å²) in [7, 11) is 1.98. The minimum Gasteiger partial charge on any atom is -0.392 e. The van der Waals surface area contributed by atoms with Crippen LogP contribution in [0.25, 0.3) is 11.1 Å². The maximum atomic E-state index is 12.4. The Labute approximate surface area is 285 Å². The first-order chi connectivity index (χ1) is 23.4. The van der Waals surface area contributed by atoms with Gasteiger partial charge in [-0.05, 0) is 52.8 Å². The Hall–Kier alpha value is -4.00. The number of amides is 2. The molecule has 11 heteroatoms. The van der Waals surface area contributed by atoms with Crippen LogP contribution in [0.15, 0.2) is 90.3 Å². The van der Waals surface area contributed by atoms with E-state index >= 15 is 0 Å². The SMILES string of the molecule is Cn1ccnc1SC[C@H]1C[C@@H](c2ccc(CO)cc2)O[C@@H](c2cccc(-c3cccc(CNC(=O)CCCCCCC(=O)NO)c3)c2)O1. The number of benzene rings is 3. The van der Waals surface area contributed by atoms with Crippen molar-refractivity contribution in [3.8, 4) is 11.1 Å². The molecule has 0 unspecified atom stereocenters. The molecule has 0 spiro atoms. The van der Waals surface area contributed by atoms with Crippen molar-refractivity contribution in [2.75, 3.05) is 5.75 Å². The summed E-state index contributed by atoms with van der Waals surface area (Å²) in [4.78, 5) is 28.0. The summed E-state index contributed by atoms with van der Waals surface area (Å²) in [5, 5.41) is 22.0. The summed E-state index contributed by atoms with van der Waals surface area (Å²) in [6.07, 6.45) is 7.47. The van der Waals surface area contributed by atoms with E-state index in [1.165, 1.54) is 0 Å². The van der Waals surface area contributed by atoms with Crippen molar-refractivity contribution in [3.63, 3.8) is 0 Å². The Bertz CT molecular complexity index is 1630. The first-order valence-corrected chi connectivity index (χ1v) is 17.4. The van der Waals surface area contributed by atoms with Crippen LogP contribution in [0.2, 0.25) is 0 Å². The van der Waals surface area contributed by atoms with Crippen molar-refractivity contribution >= 4 is 23.6 Å². The van der Waals surface area contributed by atoms with E-state index in [1.807, 2.05) is 66.3 Å². The number of imidazole rings is 1. The van der Waals surface area contributed by atoms with E-state index in [9.17, 15) is 14.7 Å². The molecule has 4 aromatic rings. The van der Waals surface area contributed by atoms with Gasteiger partial charge in [-0.15, -0.1) is 0 Å². The molecule has 3 aromatic carbocycles. The number of nitrogens with zero attached hydrogens (tertiary/aromatic N) is 2. The molecule has 1 fully saturated rings. The number of hydroxylamine groups is 1. The van der Waals surface area contributed by atoms with Gasteiger partial charge in [-0.3, -0.25) is 14.8 Å². The number of hydrogen-bond acceptors (Lipinski definition) is 8. The van der Waals surface area contributed by atoms with E-state index in [2.05, 4.69) is 34.6 Å². The van der Waals surface area contributed by atoms with Gasteiger partial charge in [0.25, 0.3) is 0 Å². The number of carbonyl (C=O) groups is 2. The highest BCUT2D eigenvalue weighted by atomic mass is 32.2. The van der Waals surface area contributed by atoms with Gasteiger partial charge in [-0.25, -0.2) is 10.5 Å². The van der Waals surface area contributed by atoms with Gasteiger partial charge in [0.2, 0.25) is 11.8 Å². The molecule has 1 aliphatic rings. The monoisotopic (exact) mass is 672 g/mol. The second-order valence-corrected chi connectivity index (χ2v) is 13.0.